The van der Waals surface area contributed by atoms with Crippen molar-refractivity contribution in [2.75, 3.05) is 19.8 Å². The van der Waals surface area contributed by atoms with Crippen molar-refractivity contribution < 1.29 is 19.1 Å². The van der Waals surface area contributed by atoms with E-state index in [2.05, 4.69) is 42.5 Å². The second-order valence-electron chi connectivity index (χ2n) is 9.11. The van der Waals surface area contributed by atoms with Gasteiger partial charge in [0.25, 0.3) is 0 Å². The van der Waals surface area contributed by atoms with Gasteiger partial charge in [0.1, 0.15) is 12.9 Å². The number of hydrogen-bond acceptors (Lipinski definition) is 4. The first kappa shape index (κ1) is 20.9. The number of nitrogens with zero attached hydrogens (tertiary/aromatic N) is 1. The minimum absolute atomic E-state index is 0.0414. The Morgan fingerprint density at radius 1 is 0.941 bits per heavy atom. The van der Waals surface area contributed by atoms with Gasteiger partial charge < -0.3 is 9.47 Å². The van der Waals surface area contributed by atoms with Gasteiger partial charge in [-0.05, 0) is 39.8 Å². The standard InChI is InChI=1S/C29H25NO4/c31-15-19-9-11-20(12-10-19)21-13-22-16-33-17-23(14-21)30(22)29(32)34-18-28-26-7-3-1-5-24(26)25-6-2-4-8-27(25)28/h1-13,15,22-23,28H,14,16-18H2. The maximum absolute atomic E-state index is 13.3. The van der Waals surface area contributed by atoms with Crippen LogP contribution in [0, 0.1) is 0 Å². The predicted octanol–water partition coefficient (Wildman–Crippen LogP) is 5.30. The minimum Gasteiger partial charge on any atom is -0.448 e. The van der Waals surface area contributed by atoms with E-state index in [9.17, 15) is 9.59 Å². The van der Waals surface area contributed by atoms with Crippen LogP contribution in [0.15, 0.2) is 78.9 Å². The van der Waals surface area contributed by atoms with Gasteiger partial charge in [-0.25, -0.2) is 4.79 Å². The van der Waals surface area contributed by atoms with Crippen LogP contribution in [0.4, 0.5) is 4.79 Å². The molecular formula is C29H25NO4. The second kappa shape index (κ2) is 8.58. The van der Waals surface area contributed by atoms with Crippen molar-refractivity contribution >= 4 is 18.0 Å². The summed E-state index contributed by atoms with van der Waals surface area (Å²) in [5, 5.41) is 0. The summed E-state index contributed by atoms with van der Waals surface area (Å²) in [4.78, 5) is 26.1. The smallest absolute Gasteiger partial charge is 0.410 e. The van der Waals surface area contributed by atoms with Crippen molar-refractivity contribution in [2.45, 2.75) is 24.4 Å². The van der Waals surface area contributed by atoms with Gasteiger partial charge >= 0.3 is 6.09 Å². The molecule has 1 fully saturated rings. The highest BCUT2D eigenvalue weighted by molar-refractivity contribution is 5.80. The lowest BCUT2D eigenvalue weighted by Gasteiger charge is -2.44. The van der Waals surface area contributed by atoms with Gasteiger partial charge in [0.2, 0.25) is 0 Å². The highest BCUT2D eigenvalue weighted by Crippen LogP contribution is 2.44. The summed E-state index contributed by atoms with van der Waals surface area (Å²) in [6, 6.07) is 24.1. The van der Waals surface area contributed by atoms with Gasteiger partial charge in [-0.3, -0.25) is 9.69 Å². The number of morpholine rings is 1. The average Bonchev–Trinajstić information content (AvgIpc) is 3.20. The van der Waals surface area contributed by atoms with E-state index in [-0.39, 0.29) is 24.1 Å². The van der Waals surface area contributed by atoms with E-state index in [1.807, 2.05) is 41.3 Å². The van der Waals surface area contributed by atoms with E-state index in [0.29, 0.717) is 31.8 Å². The largest absolute Gasteiger partial charge is 0.448 e. The Morgan fingerprint density at radius 3 is 2.26 bits per heavy atom. The third kappa shape index (κ3) is 3.53. The molecule has 0 spiro atoms. The van der Waals surface area contributed by atoms with Crippen LogP contribution in [0.2, 0.25) is 0 Å². The van der Waals surface area contributed by atoms with Crippen LogP contribution >= 0.6 is 0 Å². The molecule has 3 aromatic rings. The molecule has 0 aromatic heterocycles. The average molecular weight is 452 g/mol. The SMILES string of the molecule is O=Cc1ccc(C2=CC3COCC(C2)N3C(=O)OCC2c3ccccc3-c3ccccc32)cc1. The second-order valence-corrected chi connectivity index (χ2v) is 9.11. The van der Waals surface area contributed by atoms with Gasteiger partial charge in [-0.1, -0.05) is 78.9 Å². The molecule has 0 radical (unpaired) electrons. The van der Waals surface area contributed by atoms with E-state index < -0.39 is 0 Å². The fourth-order valence-electron chi connectivity index (χ4n) is 5.54. The maximum atomic E-state index is 13.3. The van der Waals surface area contributed by atoms with Gasteiger partial charge in [0, 0.05) is 11.5 Å². The molecule has 2 aliphatic heterocycles. The van der Waals surface area contributed by atoms with Crippen LogP contribution in [-0.4, -0.2) is 49.2 Å². The minimum atomic E-state index is -0.285. The molecule has 2 bridgehead atoms. The van der Waals surface area contributed by atoms with Crippen molar-refractivity contribution in [1.29, 1.82) is 0 Å². The molecule has 1 saturated heterocycles. The molecule has 5 nitrogen and oxygen atoms in total. The Labute approximate surface area is 198 Å². The Balaban J connectivity index is 1.21. The molecule has 3 aliphatic rings. The summed E-state index contributed by atoms with van der Waals surface area (Å²) in [6.45, 7) is 1.26. The Kier molecular flexibility index (Phi) is 5.27. The maximum Gasteiger partial charge on any atom is 0.410 e. The lowest BCUT2D eigenvalue weighted by molar-refractivity contribution is -0.0331. The van der Waals surface area contributed by atoms with Crippen LogP contribution < -0.4 is 0 Å². The molecule has 5 heteroatoms. The first-order chi connectivity index (χ1) is 16.7. The first-order valence-electron chi connectivity index (χ1n) is 11.7. The molecular weight excluding hydrogens is 426 g/mol. The number of carbonyl (C=O) groups excluding carboxylic acids is 2. The highest BCUT2D eigenvalue weighted by atomic mass is 16.6. The quantitative estimate of drug-likeness (QED) is 0.505. The number of ether oxygens (including phenoxy) is 2. The van der Waals surface area contributed by atoms with Crippen LogP contribution in [0.3, 0.4) is 0 Å². The lowest BCUT2D eigenvalue weighted by atomic mass is 9.90. The normalized spacial score (nSPS) is 20.8. The number of amides is 1. The van der Waals surface area contributed by atoms with Crippen LogP contribution in [0.5, 0.6) is 0 Å². The highest BCUT2D eigenvalue weighted by Gasteiger charge is 2.39. The molecule has 2 unspecified atom stereocenters. The Morgan fingerprint density at radius 2 is 1.62 bits per heavy atom. The fraction of sp³-hybridized carbons (Fsp3) is 0.241. The molecule has 6 rings (SSSR count). The number of fused-ring (bicyclic) bond motifs is 5. The number of hydrogen-bond donors (Lipinski definition) is 0. The summed E-state index contributed by atoms with van der Waals surface area (Å²) < 4.78 is 11.7. The summed E-state index contributed by atoms with van der Waals surface area (Å²) >= 11 is 0. The van der Waals surface area contributed by atoms with Crippen LogP contribution in [-0.2, 0) is 9.47 Å². The molecule has 170 valence electrons. The zero-order chi connectivity index (χ0) is 23.1. The molecule has 1 aliphatic carbocycles. The number of carbonyl (C=O) groups is 2. The van der Waals surface area contributed by atoms with Crippen molar-refractivity contribution in [3.05, 3.63) is 101 Å². The third-order valence-electron chi connectivity index (χ3n) is 7.16. The molecule has 34 heavy (non-hydrogen) atoms. The Bertz CT molecular complexity index is 1230. The van der Waals surface area contributed by atoms with E-state index >= 15 is 0 Å². The predicted molar refractivity (Wildman–Crippen MR) is 130 cm³/mol. The molecule has 0 saturated carbocycles. The molecule has 1 amide bonds. The first-order valence-corrected chi connectivity index (χ1v) is 11.7. The third-order valence-corrected chi connectivity index (χ3v) is 7.16. The molecule has 2 atom stereocenters. The molecule has 2 heterocycles. The van der Waals surface area contributed by atoms with E-state index in [1.54, 1.807) is 0 Å². The van der Waals surface area contributed by atoms with Gasteiger partial charge in [0.15, 0.2) is 0 Å². The van der Waals surface area contributed by atoms with Crippen molar-refractivity contribution in [2.24, 2.45) is 0 Å². The van der Waals surface area contributed by atoms with Crippen LogP contribution in [0.25, 0.3) is 16.7 Å². The lowest BCUT2D eigenvalue weighted by Crippen LogP contribution is -2.56. The topological polar surface area (TPSA) is 55.8 Å². The summed E-state index contributed by atoms with van der Waals surface area (Å²) in [6.07, 6.45) is 3.36. The van der Waals surface area contributed by atoms with Crippen molar-refractivity contribution in [3.8, 4) is 11.1 Å². The van der Waals surface area contributed by atoms with Crippen LogP contribution in [0.1, 0.15) is 39.4 Å². The van der Waals surface area contributed by atoms with Crippen molar-refractivity contribution in [3.63, 3.8) is 0 Å². The molecule has 3 aromatic carbocycles. The van der Waals surface area contributed by atoms with Gasteiger partial charge in [-0.15, -0.1) is 0 Å². The van der Waals surface area contributed by atoms with Crippen molar-refractivity contribution in [1.82, 2.24) is 4.90 Å². The summed E-state index contributed by atoms with van der Waals surface area (Å²) in [7, 11) is 0. The zero-order valence-electron chi connectivity index (χ0n) is 18.7. The summed E-state index contributed by atoms with van der Waals surface area (Å²) in [5.74, 6) is 0.0414. The van der Waals surface area contributed by atoms with Gasteiger partial charge in [-0.2, -0.15) is 0 Å². The van der Waals surface area contributed by atoms with E-state index in [4.69, 9.17) is 9.47 Å². The van der Waals surface area contributed by atoms with E-state index in [1.165, 1.54) is 27.8 Å². The monoisotopic (exact) mass is 451 g/mol. The molecule has 0 N–H and O–H groups in total. The van der Waals surface area contributed by atoms with E-state index in [0.717, 1.165) is 11.8 Å². The Hall–Kier alpha value is -3.70. The van der Waals surface area contributed by atoms with Gasteiger partial charge in [0.05, 0.1) is 25.3 Å². The number of benzene rings is 3. The number of rotatable bonds is 4. The number of aldehydes is 1. The fourth-order valence-corrected chi connectivity index (χ4v) is 5.54. The summed E-state index contributed by atoms with van der Waals surface area (Å²) in [5.41, 5.74) is 7.77. The zero-order valence-corrected chi connectivity index (χ0v) is 18.7.